The van der Waals surface area contributed by atoms with Crippen LogP contribution in [0.3, 0.4) is 0 Å². The molecular weight excluding hydrogens is 282 g/mol. The first-order valence-electron chi connectivity index (χ1n) is 5.65. The summed E-state index contributed by atoms with van der Waals surface area (Å²) in [4.78, 5) is 12.0. The summed E-state index contributed by atoms with van der Waals surface area (Å²) in [6.45, 7) is 2.77. The van der Waals surface area contributed by atoms with Crippen molar-refractivity contribution in [2.75, 3.05) is 13.7 Å². The molecular formula is C13H18BrNO2. The van der Waals surface area contributed by atoms with Crippen LogP contribution in [0.2, 0.25) is 0 Å². The van der Waals surface area contributed by atoms with Gasteiger partial charge in [0.1, 0.15) is 5.75 Å². The van der Waals surface area contributed by atoms with Gasteiger partial charge in [-0.1, -0.05) is 35.0 Å². The van der Waals surface area contributed by atoms with Crippen LogP contribution in [0.1, 0.15) is 18.9 Å². The fourth-order valence-electron chi connectivity index (χ4n) is 1.40. The van der Waals surface area contributed by atoms with Crippen LogP contribution in [0.15, 0.2) is 24.3 Å². The molecule has 0 heterocycles. The molecule has 94 valence electrons. The number of nitrogens with one attached hydrogen (secondary N) is 1. The lowest BCUT2D eigenvalue weighted by atomic mass is 10.1. The minimum atomic E-state index is 0.0586. The van der Waals surface area contributed by atoms with Gasteiger partial charge in [0.2, 0.25) is 5.91 Å². The zero-order valence-corrected chi connectivity index (χ0v) is 11.8. The molecule has 0 aromatic heterocycles. The summed E-state index contributed by atoms with van der Waals surface area (Å²) in [5, 5.41) is 2.89. The molecule has 1 aromatic carbocycles. The highest BCUT2D eigenvalue weighted by molar-refractivity contribution is 9.09. The second-order valence-electron chi connectivity index (χ2n) is 3.94. The second-order valence-corrected chi connectivity index (χ2v) is 5.51. The Morgan fingerprint density at radius 3 is 2.59 bits per heavy atom. The SMILES string of the molecule is COc1ccc(CC(=O)NCCC(C)Br)cc1. The van der Waals surface area contributed by atoms with Crippen molar-refractivity contribution in [3.05, 3.63) is 29.8 Å². The third-order valence-corrected chi connectivity index (χ3v) is 2.85. The molecule has 0 aliphatic carbocycles. The van der Waals surface area contributed by atoms with E-state index in [1.54, 1.807) is 7.11 Å². The lowest BCUT2D eigenvalue weighted by Gasteiger charge is -2.07. The smallest absolute Gasteiger partial charge is 0.224 e. The molecule has 1 atom stereocenters. The molecule has 0 radical (unpaired) electrons. The second kappa shape index (κ2) is 7.33. The monoisotopic (exact) mass is 299 g/mol. The Morgan fingerprint density at radius 2 is 2.06 bits per heavy atom. The topological polar surface area (TPSA) is 38.3 Å². The van der Waals surface area contributed by atoms with Crippen LogP contribution in [0.25, 0.3) is 0 Å². The molecule has 0 bridgehead atoms. The van der Waals surface area contributed by atoms with Gasteiger partial charge < -0.3 is 10.1 Å². The van der Waals surface area contributed by atoms with Crippen molar-refractivity contribution in [1.29, 1.82) is 0 Å². The van der Waals surface area contributed by atoms with E-state index in [0.29, 0.717) is 17.8 Å². The summed E-state index contributed by atoms with van der Waals surface area (Å²) in [5.41, 5.74) is 0.996. The van der Waals surface area contributed by atoms with Crippen molar-refractivity contribution in [1.82, 2.24) is 5.32 Å². The van der Waals surface area contributed by atoms with E-state index in [1.165, 1.54) is 0 Å². The van der Waals surface area contributed by atoms with Crippen molar-refractivity contribution >= 4 is 21.8 Å². The maximum absolute atomic E-state index is 11.6. The molecule has 0 saturated heterocycles. The lowest BCUT2D eigenvalue weighted by Crippen LogP contribution is -2.27. The van der Waals surface area contributed by atoms with Gasteiger partial charge in [-0.2, -0.15) is 0 Å². The molecule has 3 nitrogen and oxygen atoms in total. The predicted molar refractivity (Wildman–Crippen MR) is 72.7 cm³/mol. The van der Waals surface area contributed by atoms with Crippen molar-refractivity contribution < 1.29 is 9.53 Å². The highest BCUT2D eigenvalue weighted by atomic mass is 79.9. The number of benzene rings is 1. The molecule has 0 spiro atoms. The number of amides is 1. The van der Waals surface area contributed by atoms with Crippen LogP contribution in [0.5, 0.6) is 5.75 Å². The van der Waals surface area contributed by atoms with E-state index >= 15 is 0 Å². The first-order chi connectivity index (χ1) is 8.11. The summed E-state index contributed by atoms with van der Waals surface area (Å²) in [6.07, 6.45) is 1.36. The van der Waals surface area contributed by atoms with Crippen LogP contribution in [-0.4, -0.2) is 24.4 Å². The average molecular weight is 300 g/mol. The number of ether oxygens (including phenoxy) is 1. The molecule has 0 aliphatic heterocycles. The summed E-state index contributed by atoms with van der Waals surface area (Å²) in [6, 6.07) is 7.55. The van der Waals surface area contributed by atoms with Gasteiger partial charge in [0, 0.05) is 11.4 Å². The van der Waals surface area contributed by atoms with Gasteiger partial charge in [-0.05, 0) is 24.1 Å². The van der Waals surface area contributed by atoms with Crippen molar-refractivity contribution in [2.24, 2.45) is 0 Å². The van der Waals surface area contributed by atoms with Gasteiger partial charge in [-0.15, -0.1) is 0 Å². The van der Waals surface area contributed by atoms with Crippen LogP contribution in [-0.2, 0) is 11.2 Å². The molecule has 0 fully saturated rings. The Balaban J connectivity index is 2.34. The summed E-state index contributed by atoms with van der Waals surface area (Å²) in [7, 11) is 1.63. The van der Waals surface area contributed by atoms with Crippen LogP contribution < -0.4 is 10.1 Å². The number of methoxy groups -OCH3 is 1. The first kappa shape index (κ1) is 14.0. The number of alkyl halides is 1. The molecule has 1 rings (SSSR count). The maximum atomic E-state index is 11.6. The number of hydrogen-bond donors (Lipinski definition) is 1. The molecule has 0 aliphatic rings. The van der Waals surface area contributed by atoms with E-state index in [2.05, 4.69) is 28.2 Å². The summed E-state index contributed by atoms with van der Waals surface area (Å²) in [5.74, 6) is 0.866. The van der Waals surface area contributed by atoms with E-state index in [9.17, 15) is 4.79 Å². The Kier molecular flexibility index (Phi) is 6.05. The van der Waals surface area contributed by atoms with Gasteiger partial charge in [0.05, 0.1) is 13.5 Å². The summed E-state index contributed by atoms with van der Waals surface area (Å²) >= 11 is 3.44. The van der Waals surface area contributed by atoms with E-state index < -0.39 is 0 Å². The zero-order chi connectivity index (χ0) is 12.7. The molecule has 1 N–H and O–H groups in total. The molecule has 1 amide bonds. The standard InChI is InChI=1S/C13H18BrNO2/c1-10(14)7-8-15-13(16)9-11-3-5-12(17-2)6-4-11/h3-6,10H,7-9H2,1-2H3,(H,15,16). The average Bonchev–Trinajstić information content (AvgIpc) is 2.29. The van der Waals surface area contributed by atoms with Crippen molar-refractivity contribution in [2.45, 2.75) is 24.6 Å². The van der Waals surface area contributed by atoms with Crippen LogP contribution >= 0.6 is 15.9 Å². The summed E-state index contributed by atoms with van der Waals surface area (Å²) < 4.78 is 5.06. The quantitative estimate of drug-likeness (QED) is 0.820. The highest BCUT2D eigenvalue weighted by Gasteiger charge is 2.03. The van der Waals surface area contributed by atoms with Crippen LogP contribution in [0, 0.1) is 0 Å². The van der Waals surface area contributed by atoms with Gasteiger partial charge in [-0.25, -0.2) is 0 Å². The van der Waals surface area contributed by atoms with E-state index in [0.717, 1.165) is 17.7 Å². The Hall–Kier alpha value is -1.03. The molecule has 1 unspecified atom stereocenters. The third-order valence-electron chi connectivity index (χ3n) is 2.39. The van der Waals surface area contributed by atoms with Crippen LogP contribution in [0.4, 0.5) is 0 Å². The fourth-order valence-corrected chi connectivity index (χ4v) is 1.63. The Morgan fingerprint density at radius 1 is 1.41 bits per heavy atom. The van der Waals surface area contributed by atoms with E-state index in [4.69, 9.17) is 4.74 Å². The maximum Gasteiger partial charge on any atom is 0.224 e. The number of hydrogen-bond acceptors (Lipinski definition) is 2. The van der Waals surface area contributed by atoms with E-state index in [-0.39, 0.29) is 5.91 Å². The number of rotatable bonds is 6. The van der Waals surface area contributed by atoms with Crippen molar-refractivity contribution in [3.63, 3.8) is 0 Å². The Labute approximate surface area is 111 Å². The van der Waals surface area contributed by atoms with E-state index in [1.807, 2.05) is 24.3 Å². The van der Waals surface area contributed by atoms with Crippen molar-refractivity contribution in [3.8, 4) is 5.75 Å². The number of carbonyl (C=O) groups excluding carboxylic acids is 1. The highest BCUT2D eigenvalue weighted by Crippen LogP contribution is 2.11. The van der Waals surface area contributed by atoms with Gasteiger partial charge >= 0.3 is 0 Å². The van der Waals surface area contributed by atoms with Gasteiger partial charge in [-0.3, -0.25) is 4.79 Å². The van der Waals surface area contributed by atoms with Gasteiger partial charge in [0.15, 0.2) is 0 Å². The third kappa shape index (κ3) is 5.73. The zero-order valence-electron chi connectivity index (χ0n) is 10.2. The first-order valence-corrected chi connectivity index (χ1v) is 6.57. The fraction of sp³-hybridized carbons (Fsp3) is 0.462. The minimum Gasteiger partial charge on any atom is -0.497 e. The molecule has 17 heavy (non-hydrogen) atoms. The Bertz CT molecular complexity index is 349. The molecule has 4 heteroatoms. The normalized spacial score (nSPS) is 11.9. The number of carbonyl (C=O) groups is 1. The minimum absolute atomic E-state index is 0.0586. The molecule has 0 saturated carbocycles. The predicted octanol–water partition coefficient (Wildman–Crippen LogP) is 2.53. The number of halogens is 1. The largest absolute Gasteiger partial charge is 0.497 e. The lowest BCUT2D eigenvalue weighted by molar-refractivity contribution is -0.120. The van der Waals surface area contributed by atoms with Gasteiger partial charge in [0.25, 0.3) is 0 Å². The molecule has 1 aromatic rings.